The molecule has 15 heavy (non-hydrogen) atoms. The summed E-state index contributed by atoms with van der Waals surface area (Å²) in [7, 11) is 0. The van der Waals surface area contributed by atoms with Crippen molar-refractivity contribution in [2.75, 3.05) is 13.1 Å². The van der Waals surface area contributed by atoms with Crippen LogP contribution in [0.15, 0.2) is 12.7 Å². The fourth-order valence-electron chi connectivity index (χ4n) is 1.75. The monoisotopic (exact) mass is 212 g/mol. The van der Waals surface area contributed by atoms with E-state index in [1.54, 1.807) is 11.0 Å². The number of hydrogen-bond acceptors (Lipinski definition) is 3. The number of carbonyl (C=O) groups excluding carboxylic acids is 1. The molecule has 0 radical (unpaired) electrons. The van der Waals surface area contributed by atoms with E-state index in [2.05, 4.69) is 11.9 Å². The van der Waals surface area contributed by atoms with Crippen LogP contribution in [0.5, 0.6) is 0 Å². The highest BCUT2D eigenvalue weighted by atomic mass is 16.4. The van der Waals surface area contributed by atoms with Crippen molar-refractivity contribution in [2.24, 2.45) is 0 Å². The second kappa shape index (κ2) is 4.93. The van der Waals surface area contributed by atoms with Crippen molar-refractivity contribution in [1.29, 1.82) is 0 Å². The van der Waals surface area contributed by atoms with Crippen LogP contribution in [-0.2, 0) is 9.59 Å². The Hall–Kier alpha value is -1.36. The maximum atomic E-state index is 11.7. The van der Waals surface area contributed by atoms with Gasteiger partial charge in [0.2, 0.25) is 5.91 Å². The number of carbonyl (C=O) groups is 2. The molecule has 1 heterocycles. The molecule has 5 nitrogen and oxygen atoms in total. The molecule has 1 amide bonds. The lowest BCUT2D eigenvalue weighted by atomic mass is 10.1. The average Bonchev–Trinajstić information content (AvgIpc) is 2.12. The molecule has 1 fully saturated rings. The van der Waals surface area contributed by atoms with Gasteiger partial charge < -0.3 is 15.3 Å². The van der Waals surface area contributed by atoms with E-state index in [4.69, 9.17) is 5.11 Å². The normalized spacial score (nSPS) is 26.5. The number of hydrogen-bond donors (Lipinski definition) is 2. The van der Waals surface area contributed by atoms with Crippen molar-refractivity contribution < 1.29 is 14.7 Å². The average molecular weight is 212 g/mol. The van der Waals surface area contributed by atoms with E-state index in [0.29, 0.717) is 13.1 Å². The summed E-state index contributed by atoms with van der Waals surface area (Å²) in [5, 5.41) is 11.6. The van der Waals surface area contributed by atoms with Gasteiger partial charge in [-0.15, -0.1) is 6.58 Å². The number of carboxylic acids is 1. The molecule has 0 aromatic rings. The number of piperazine rings is 1. The van der Waals surface area contributed by atoms with Gasteiger partial charge in [0.1, 0.15) is 0 Å². The lowest BCUT2D eigenvalue weighted by Gasteiger charge is -2.36. The lowest BCUT2D eigenvalue weighted by molar-refractivity contribution is -0.144. The highest BCUT2D eigenvalue weighted by Gasteiger charge is 2.32. The number of nitrogens with zero attached hydrogens (tertiary/aromatic N) is 1. The van der Waals surface area contributed by atoms with Crippen molar-refractivity contribution in [3.63, 3.8) is 0 Å². The minimum Gasteiger partial charge on any atom is -0.481 e. The number of carboxylic acid groups (broad SMARTS) is 1. The Labute approximate surface area is 88.8 Å². The third kappa shape index (κ3) is 3.06. The van der Waals surface area contributed by atoms with E-state index in [-0.39, 0.29) is 18.4 Å². The summed E-state index contributed by atoms with van der Waals surface area (Å²) >= 11 is 0. The van der Waals surface area contributed by atoms with Gasteiger partial charge in [-0.05, 0) is 6.92 Å². The minimum absolute atomic E-state index is 0.118. The first kappa shape index (κ1) is 11.7. The molecule has 0 aromatic carbocycles. The van der Waals surface area contributed by atoms with Gasteiger partial charge in [-0.3, -0.25) is 9.59 Å². The largest absolute Gasteiger partial charge is 0.481 e. The Morgan fingerprint density at radius 3 is 3.00 bits per heavy atom. The molecule has 1 aliphatic rings. The van der Waals surface area contributed by atoms with Gasteiger partial charge >= 0.3 is 5.97 Å². The summed E-state index contributed by atoms with van der Waals surface area (Å²) < 4.78 is 0. The van der Waals surface area contributed by atoms with E-state index < -0.39 is 12.0 Å². The van der Waals surface area contributed by atoms with E-state index >= 15 is 0 Å². The Morgan fingerprint density at radius 2 is 2.47 bits per heavy atom. The van der Waals surface area contributed by atoms with Crippen LogP contribution in [-0.4, -0.2) is 47.1 Å². The quantitative estimate of drug-likeness (QED) is 0.635. The van der Waals surface area contributed by atoms with Crippen LogP contribution >= 0.6 is 0 Å². The topological polar surface area (TPSA) is 69.6 Å². The van der Waals surface area contributed by atoms with Crippen LogP contribution in [0.1, 0.15) is 13.3 Å². The highest BCUT2D eigenvalue weighted by Crippen LogP contribution is 2.08. The van der Waals surface area contributed by atoms with Gasteiger partial charge in [0.05, 0.1) is 12.5 Å². The summed E-state index contributed by atoms with van der Waals surface area (Å²) in [4.78, 5) is 23.9. The maximum Gasteiger partial charge on any atom is 0.305 e. The molecule has 84 valence electrons. The fourth-order valence-corrected chi connectivity index (χ4v) is 1.75. The molecule has 0 bridgehead atoms. The molecule has 0 aliphatic carbocycles. The van der Waals surface area contributed by atoms with E-state index in [1.807, 2.05) is 6.92 Å². The third-order valence-corrected chi connectivity index (χ3v) is 2.32. The van der Waals surface area contributed by atoms with Crippen molar-refractivity contribution in [2.45, 2.75) is 25.4 Å². The van der Waals surface area contributed by atoms with Crippen molar-refractivity contribution in [1.82, 2.24) is 10.2 Å². The summed E-state index contributed by atoms with van der Waals surface area (Å²) in [6.45, 7) is 6.57. The van der Waals surface area contributed by atoms with Gasteiger partial charge in [0.15, 0.2) is 0 Å². The van der Waals surface area contributed by atoms with Crippen LogP contribution in [0.25, 0.3) is 0 Å². The van der Waals surface area contributed by atoms with Crippen molar-refractivity contribution in [3.05, 3.63) is 12.7 Å². The van der Waals surface area contributed by atoms with Crippen molar-refractivity contribution in [3.8, 4) is 0 Å². The fraction of sp³-hybridized carbons (Fsp3) is 0.600. The van der Waals surface area contributed by atoms with Gasteiger partial charge in [0, 0.05) is 19.1 Å². The van der Waals surface area contributed by atoms with Crippen LogP contribution in [0, 0.1) is 0 Å². The summed E-state index contributed by atoms with van der Waals surface area (Å²) in [5.41, 5.74) is 0. The molecule has 0 aromatic heterocycles. The molecule has 1 saturated heterocycles. The molecule has 2 N–H and O–H groups in total. The smallest absolute Gasteiger partial charge is 0.305 e. The predicted octanol–water partition coefficient (Wildman–Crippen LogP) is -0.164. The standard InChI is InChI=1S/C10H16N2O3/c1-3-4-12-6-7(2)11-8(10(12)15)5-9(13)14/h3,7-8,11H,1,4-6H2,2H3,(H,13,14). The first-order valence-corrected chi connectivity index (χ1v) is 4.92. The number of rotatable bonds is 4. The molecule has 1 aliphatic heterocycles. The molecular formula is C10H16N2O3. The van der Waals surface area contributed by atoms with Gasteiger partial charge in [-0.1, -0.05) is 6.08 Å². The molecular weight excluding hydrogens is 196 g/mol. The van der Waals surface area contributed by atoms with Gasteiger partial charge in [-0.2, -0.15) is 0 Å². The summed E-state index contributed by atoms with van der Waals surface area (Å²) in [5.74, 6) is -1.12. The molecule has 1 rings (SSSR count). The zero-order valence-corrected chi connectivity index (χ0v) is 8.77. The van der Waals surface area contributed by atoms with Gasteiger partial charge in [-0.25, -0.2) is 0 Å². The minimum atomic E-state index is -0.964. The van der Waals surface area contributed by atoms with Gasteiger partial charge in [0.25, 0.3) is 0 Å². The van der Waals surface area contributed by atoms with Crippen LogP contribution in [0.2, 0.25) is 0 Å². The molecule has 5 heteroatoms. The lowest BCUT2D eigenvalue weighted by Crippen LogP contribution is -2.59. The number of aliphatic carboxylic acids is 1. The first-order valence-electron chi connectivity index (χ1n) is 4.92. The SMILES string of the molecule is C=CCN1CC(C)NC(CC(=O)O)C1=O. The number of nitrogens with one attached hydrogen (secondary N) is 1. The summed E-state index contributed by atoms with van der Waals surface area (Å²) in [6, 6.07) is -0.488. The van der Waals surface area contributed by atoms with Crippen LogP contribution in [0.4, 0.5) is 0 Å². The Morgan fingerprint density at radius 1 is 1.80 bits per heavy atom. The predicted molar refractivity (Wildman–Crippen MR) is 55.4 cm³/mol. The summed E-state index contributed by atoms with van der Waals surface area (Å²) in [6.07, 6.45) is 1.48. The second-order valence-corrected chi connectivity index (χ2v) is 3.75. The molecule has 0 spiro atoms. The maximum absolute atomic E-state index is 11.7. The van der Waals surface area contributed by atoms with E-state index in [9.17, 15) is 9.59 Å². The zero-order valence-electron chi connectivity index (χ0n) is 8.77. The Bertz CT molecular complexity index is 278. The molecule has 0 saturated carbocycles. The molecule has 2 atom stereocenters. The zero-order chi connectivity index (χ0) is 11.4. The van der Waals surface area contributed by atoms with Crippen LogP contribution in [0.3, 0.4) is 0 Å². The Balaban J connectivity index is 2.67. The van der Waals surface area contributed by atoms with E-state index in [0.717, 1.165) is 0 Å². The van der Waals surface area contributed by atoms with E-state index in [1.165, 1.54) is 0 Å². The third-order valence-electron chi connectivity index (χ3n) is 2.32. The highest BCUT2D eigenvalue weighted by molar-refractivity contribution is 5.87. The molecule has 2 unspecified atom stereocenters. The van der Waals surface area contributed by atoms with Crippen LogP contribution < -0.4 is 5.32 Å². The first-order chi connectivity index (χ1) is 7.04. The number of amides is 1. The van der Waals surface area contributed by atoms with Crippen molar-refractivity contribution >= 4 is 11.9 Å². The second-order valence-electron chi connectivity index (χ2n) is 3.75. The Kier molecular flexibility index (Phi) is 3.85.